The van der Waals surface area contributed by atoms with Gasteiger partial charge in [0.25, 0.3) is 0 Å². The zero-order chi connectivity index (χ0) is 19.6. The highest BCUT2D eigenvalue weighted by Gasteiger charge is 2.31. The molecule has 1 unspecified atom stereocenters. The lowest BCUT2D eigenvalue weighted by molar-refractivity contribution is -0.116. The van der Waals surface area contributed by atoms with Gasteiger partial charge in [-0.05, 0) is 72.0 Å². The monoisotopic (exact) mass is 388 g/mol. The average molecular weight is 389 g/mol. The van der Waals surface area contributed by atoms with E-state index in [0.717, 1.165) is 51.1 Å². The number of carbonyl (C=O) groups is 1. The maximum Gasteiger partial charge on any atom is 0.160 e. The summed E-state index contributed by atoms with van der Waals surface area (Å²) in [5.74, 6) is 1.04. The van der Waals surface area contributed by atoms with E-state index in [2.05, 4.69) is 52.3 Å². The van der Waals surface area contributed by atoms with Gasteiger partial charge in [-0.25, -0.2) is 0 Å². The van der Waals surface area contributed by atoms with E-state index in [-0.39, 0.29) is 0 Å². The number of hydrogen-bond acceptors (Lipinski definition) is 3. The Balaban J connectivity index is 1.09. The average Bonchev–Trinajstić information content (AvgIpc) is 2.77. The summed E-state index contributed by atoms with van der Waals surface area (Å²) in [6.45, 7) is 6.53. The Bertz CT molecular complexity index is 859. The van der Waals surface area contributed by atoms with Crippen molar-refractivity contribution in [1.29, 1.82) is 0 Å². The molecule has 29 heavy (non-hydrogen) atoms. The van der Waals surface area contributed by atoms with Crippen LogP contribution in [-0.2, 0) is 4.79 Å². The van der Waals surface area contributed by atoms with E-state index in [4.69, 9.17) is 0 Å². The summed E-state index contributed by atoms with van der Waals surface area (Å²) in [6.07, 6.45) is 21.9. The lowest BCUT2D eigenvalue weighted by Gasteiger charge is -2.36. The zero-order valence-corrected chi connectivity index (χ0v) is 17.4. The minimum Gasteiger partial charge on any atom is -0.300 e. The molecule has 0 amide bonds. The molecule has 3 nitrogen and oxygen atoms in total. The molecule has 0 N–H and O–H groups in total. The molecule has 152 valence electrons. The number of ketones is 1. The third kappa shape index (κ3) is 4.04. The van der Waals surface area contributed by atoms with Gasteiger partial charge in [-0.3, -0.25) is 4.79 Å². The van der Waals surface area contributed by atoms with Crippen molar-refractivity contribution in [3.05, 3.63) is 70.4 Å². The molecule has 1 fully saturated rings. The normalized spacial score (nSPS) is 26.9. The topological polar surface area (TPSA) is 23.6 Å². The van der Waals surface area contributed by atoms with Gasteiger partial charge in [-0.2, -0.15) is 0 Å². The molecule has 1 saturated heterocycles. The van der Waals surface area contributed by atoms with Gasteiger partial charge in [0.15, 0.2) is 5.78 Å². The zero-order valence-electron chi connectivity index (χ0n) is 17.4. The molecule has 0 bridgehead atoms. The van der Waals surface area contributed by atoms with Crippen LogP contribution in [0.1, 0.15) is 38.5 Å². The van der Waals surface area contributed by atoms with Crippen LogP contribution in [0.25, 0.3) is 0 Å². The van der Waals surface area contributed by atoms with Crippen LogP contribution in [0.2, 0.25) is 0 Å². The van der Waals surface area contributed by atoms with E-state index >= 15 is 0 Å². The summed E-state index contributed by atoms with van der Waals surface area (Å²) < 4.78 is 0. The first-order valence-electron chi connectivity index (χ1n) is 11.4. The summed E-state index contributed by atoms with van der Waals surface area (Å²) in [7, 11) is 0. The fourth-order valence-corrected chi connectivity index (χ4v) is 5.38. The molecular weight excluding hydrogens is 356 g/mol. The largest absolute Gasteiger partial charge is 0.300 e. The van der Waals surface area contributed by atoms with Crippen molar-refractivity contribution in [2.24, 2.45) is 5.92 Å². The third-order valence-corrected chi connectivity index (χ3v) is 7.15. The molecule has 1 heterocycles. The fraction of sp³-hybridized carbons (Fsp3) is 0.500. The van der Waals surface area contributed by atoms with Gasteiger partial charge in [-0.15, -0.1) is 0 Å². The number of piperazine rings is 1. The molecule has 0 spiro atoms. The predicted molar refractivity (Wildman–Crippen MR) is 119 cm³/mol. The van der Waals surface area contributed by atoms with Crippen molar-refractivity contribution in [3.63, 3.8) is 0 Å². The van der Waals surface area contributed by atoms with Crippen molar-refractivity contribution in [3.8, 4) is 0 Å². The van der Waals surface area contributed by atoms with Crippen molar-refractivity contribution in [2.75, 3.05) is 39.3 Å². The highest BCUT2D eigenvalue weighted by Crippen LogP contribution is 2.47. The summed E-state index contributed by atoms with van der Waals surface area (Å²) in [5, 5.41) is 0. The Morgan fingerprint density at radius 2 is 1.76 bits per heavy atom. The number of rotatable bonds is 6. The number of allylic oxidation sites excluding steroid dienone is 11. The Morgan fingerprint density at radius 3 is 2.59 bits per heavy atom. The number of Topliss-reactive ketones (excluding diaryl/α,β-unsaturated/α-hetero) is 1. The SMILES string of the molecule is O=C(CCN1CCN(CC2C=CC=CC2)CC1)C1=CC2=C3C=CCCC3=C2CC1. The molecule has 5 rings (SSSR count). The van der Waals surface area contributed by atoms with Crippen LogP contribution in [-0.4, -0.2) is 54.9 Å². The van der Waals surface area contributed by atoms with Crippen LogP contribution in [0.4, 0.5) is 0 Å². The predicted octanol–water partition coefficient (Wildman–Crippen LogP) is 4.37. The summed E-state index contributed by atoms with van der Waals surface area (Å²) in [4.78, 5) is 17.9. The van der Waals surface area contributed by atoms with Crippen LogP contribution in [0, 0.1) is 5.92 Å². The highest BCUT2D eigenvalue weighted by molar-refractivity contribution is 5.97. The Kier molecular flexibility index (Phi) is 5.52. The molecule has 5 aliphatic rings. The smallest absolute Gasteiger partial charge is 0.160 e. The van der Waals surface area contributed by atoms with Crippen molar-refractivity contribution >= 4 is 5.78 Å². The van der Waals surface area contributed by atoms with Gasteiger partial charge >= 0.3 is 0 Å². The molecule has 0 aromatic heterocycles. The summed E-state index contributed by atoms with van der Waals surface area (Å²) >= 11 is 0. The van der Waals surface area contributed by atoms with E-state index in [0.29, 0.717) is 18.1 Å². The number of fused-ring (bicyclic) bond motifs is 2. The van der Waals surface area contributed by atoms with E-state index in [9.17, 15) is 4.79 Å². The highest BCUT2D eigenvalue weighted by atomic mass is 16.1. The van der Waals surface area contributed by atoms with Crippen LogP contribution in [0.3, 0.4) is 0 Å². The van der Waals surface area contributed by atoms with Gasteiger partial charge in [-0.1, -0.05) is 36.5 Å². The lowest BCUT2D eigenvalue weighted by atomic mass is 9.70. The first-order valence-corrected chi connectivity index (χ1v) is 11.4. The first kappa shape index (κ1) is 19.0. The number of hydrogen-bond donors (Lipinski definition) is 0. The van der Waals surface area contributed by atoms with Crippen LogP contribution in [0.15, 0.2) is 70.4 Å². The Morgan fingerprint density at radius 1 is 0.931 bits per heavy atom. The van der Waals surface area contributed by atoms with Gasteiger partial charge in [0.2, 0.25) is 0 Å². The van der Waals surface area contributed by atoms with Crippen molar-refractivity contribution in [1.82, 2.24) is 9.80 Å². The second kappa shape index (κ2) is 8.41. The molecular formula is C26H32N2O. The molecule has 4 aliphatic carbocycles. The number of nitrogens with zero attached hydrogens (tertiary/aromatic N) is 2. The first-order chi connectivity index (χ1) is 14.3. The fourth-order valence-electron chi connectivity index (χ4n) is 5.38. The molecule has 0 radical (unpaired) electrons. The van der Waals surface area contributed by atoms with Gasteiger partial charge in [0.05, 0.1) is 0 Å². The molecule has 1 atom stereocenters. The molecule has 0 aromatic rings. The van der Waals surface area contributed by atoms with E-state index in [1.54, 1.807) is 11.1 Å². The Labute approximate surface area is 174 Å². The second-order valence-electron chi connectivity index (χ2n) is 9.02. The minimum absolute atomic E-state index is 0.368. The van der Waals surface area contributed by atoms with Crippen LogP contribution < -0.4 is 0 Å². The minimum atomic E-state index is 0.368. The second-order valence-corrected chi connectivity index (χ2v) is 9.02. The Hall–Kier alpha value is -1.97. The van der Waals surface area contributed by atoms with E-state index in [1.807, 2.05) is 0 Å². The lowest BCUT2D eigenvalue weighted by Crippen LogP contribution is -2.48. The summed E-state index contributed by atoms with van der Waals surface area (Å²) in [6, 6.07) is 0. The molecule has 0 saturated carbocycles. The van der Waals surface area contributed by atoms with Gasteiger partial charge < -0.3 is 9.80 Å². The van der Waals surface area contributed by atoms with Gasteiger partial charge in [0.1, 0.15) is 0 Å². The van der Waals surface area contributed by atoms with Crippen LogP contribution in [0.5, 0.6) is 0 Å². The summed E-state index contributed by atoms with van der Waals surface area (Å²) in [5.41, 5.74) is 6.95. The van der Waals surface area contributed by atoms with Crippen molar-refractivity contribution in [2.45, 2.75) is 38.5 Å². The number of carbonyl (C=O) groups excluding carboxylic acids is 1. The van der Waals surface area contributed by atoms with E-state index in [1.165, 1.54) is 37.0 Å². The maximum atomic E-state index is 12.8. The third-order valence-electron chi connectivity index (χ3n) is 7.15. The van der Waals surface area contributed by atoms with Crippen molar-refractivity contribution < 1.29 is 4.79 Å². The molecule has 3 heteroatoms. The van der Waals surface area contributed by atoms with E-state index < -0.39 is 0 Å². The standard InChI is InChI=1S/C26H32N2O/c29-26(21-10-11-24-22-8-4-5-9-23(22)25(24)18-21)12-13-27-14-16-28(17-15-27)19-20-6-2-1-3-7-20/h1-3,5-6,9,18,20H,4,7-8,10-17,19H2. The quantitative estimate of drug-likeness (QED) is 0.675. The molecule has 1 aliphatic heterocycles. The van der Waals surface area contributed by atoms with Gasteiger partial charge in [0, 0.05) is 45.7 Å². The molecule has 0 aromatic carbocycles. The maximum absolute atomic E-state index is 12.8. The van der Waals surface area contributed by atoms with Crippen LogP contribution >= 0.6 is 0 Å².